The van der Waals surface area contributed by atoms with Crippen LogP contribution in [0.15, 0.2) is 46.6 Å². The van der Waals surface area contributed by atoms with Crippen molar-refractivity contribution in [2.45, 2.75) is 52.5 Å². The van der Waals surface area contributed by atoms with Crippen LogP contribution in [0.2, 0.25) is 0 Å². The van der Waals surface area contributed by atoms with Gasteiger partial charge in [-0.3, -0.25) is 9.36 Å². The van der Waals surface area contributed by atoms with Crippen LogP contribution in [0.3, 0.4) is 0 Å². The number of aromatic nitrogens is 1. The first-order valence-corrected chi connectivity index (χ1v) is 9.00. The van der Waals surface area contributed by atoms with Crippen molar-refractivity contribution in [3.8, 4) is 0 Å². The predicted molar refractivity (Wildman–Crippen MR) is 101 cm³/mol. The van der Waals surface area contributed by atoms with Gasteiger partial charge in [0, 0.05) is 24.0 Å². The lowest BCUT2D eigenvalue weighted by Gasteiger charge is -2.24. The quantitative estimate of drug-likeness (QED) is 0.868. The van der Waals surface area contributed by atoms with Gasteiger partial charge in [0.2, 0.25) is 0 Å². The minimum atomic E-state index is 0.102. The molecule has 0 radical (unpaired) electrons. The molecule has 128 valence electrons. The molecule has 3 rings (SSSR count). The van der Waals surface area contributed by atoms with Crippen LogP contribution in [0.4, 0.5) is 5.69 Å². The van der Waals surface area contributed by atoms with Crippen molar-refractivity contribution in [1.29, 1.82) is 0 Å². The maximum atomic E-state index is 12.9. The van der Waals surface area contributed by atoms with E-state index in [0.29, 0.717) is 0 Å². The molecule has 1 unspecified atom stereocenters. The van der Waals surface area contributed by atoms with E-state index in [1.165, 1.54) is 11.1 Å². The summed E-state index contributed by atoms with van der Waals surface area (Å²) in [6.07, 6.45) is 12.2. The van der Waals surface area contributed by atoms with Crippen molar-refractivity contribution >= 4 is 11.4 Å². The van der Waals surface area contributed by atoms with E-state index in [4.69, 9.17) is 0 Å². The monoisotopic (exact) mass is 325 g/mol. The van der Waals surface area contributed by atoms with Crippen LogP contribution < -0.4 is 16.2 Å². The van der Waals surface area contributed by atoms with Gasteiger partial charge in [0.05, 0.1) is 11.7 Å². The van der Waals surface area contributed by atoms with Gasteiger partial charge < -0.3 is 10.6 Å². The van der Waals surface area contributed by atoms with Crippen molar-refractivity contribution in [3.63, 3.8) is 0 Å². The van der Waals surface area contributed by atoms with Crippen molar-refractivity contribution in [2.75, 3.05) is 11.9 Å². The van der Waals surface area contributed by atoms with Gasteiger partial charge in [0.25, 0.3) is 5.56 Å². The SMILES string of the molecule is CCC/C(=C\C1=C(n2ccc3c(c2=O)CCN3)C=CNC1C)CC. The number of nitrogens with zero attached hydrogens (tertiary/aromatic N) is 1. The first-order chi connectivity index (χ1) is 11.7. The second-order valence-electron chi connectivity index (χ2n) is 6.53. The van der Waals surface area contributed by atoms with Crippen molar-refractivity contribution in [2.24, 2.45) is 0 Å². The first kappa shape index (κ1) is 16.6. The summed E-state index contributed by atoms with van der Waals surface area (Å²) in [5, 5.41) is 6.64. The topological polar surface area (TPSA) is 46.1 Å². The van der Waals surface area contributed by atoms with E-state index in [9.17, 15) is 4.79 Å². The molecule has 1 aromatic rings. The summed E-state index contributed by atoms with van der Waals surface area (Å²) in [5.74, 6) is 0. The molecule has 3 heterocycles. The Morgan fingerprint density at radius 1 is 1.42 bits per heavy atom. The van der Waals surface area contributed by atoms with Crippen LogP contribution in [0, 0.1) is 0 Å². The first-order valence-electron chi connectivity index (χ1n) is 9.00. The molecule has 2 aliphatic heterocycles. The van der Waals surface area contributed by atoms with Gasteiger partial charge in [-0.05, 0) is 50.1 Å². The molecule has 4 heteroatoms. The lowest BCUT2D eigenvalue weighted by atomic mass is 9.97. The number of anilines is 1. The number of dihydropyridines is 1. The standard InChI is InChI=1S/C20H27N3O/c1-4-6-15(5-2)13-17-14(3)21-11-8-19(17)23-12-9-18-16(20(23)24)7-10-22-18/h8-9,11-14,21-22H,4-7,10H2,1-3H3/b15-13-. The normalized spacial score (nSPS) is 20.0. The van der Waals surface area contributed by atoms with E-state index in [2.05, 4.69) is 37.5 Å². The minimum Gasteiger partial charge on any atom is -0.384 e. The Kier molecular flexibility index (Phi) is 4.93. The van der Waals surface area contributed by atoms with Crippen LogP contribution >= 0.6 is 0 Å². The molecular weight excluding hydrogens is 298 g/mol. The minimum absolute atomic E-state index is 0.102. The van der Waals surface area contributed by atoms with Crippen LogP contribution in [0.5, 0.6) is 0 Å². The second kappa shape index (κ2) is 7.12. The van der Waals surface area contributed by atoms with Gasteiger partial charge in [-0.1, -0.05) is 31.9 Å². The average molecular weight is 325 g/mol. The van der Waals surface area contributed by atoms with Gasteiger partial charge in [0.1, 0.15) is 0 Å². The number of hydrogen-bond donors (Lipinski definition) is 2. The zero-order valence-corrected chi connectivity index (χ0v) is 14.9. The molecule has 0 spiro atoms. The summed E-state index contributed by atoms with van der Waals surface area (Å²) < 4.78 is 1.81. The summed E-state index contributed by atoms with van der Waals surface area (Å²) in [7, 11) is 0. The highest BCUT2D eigenvalue weighted by Gasteiger charge is 2.20. The van der Waals surface area contributed by atoms with Gasteiger partial charge in [0.15, 0.2) is 0 Å². The molecule has 0 amide bonds. The highest BCUT2D eigenvalue weighted by atomic mass is 16.1. The molecule has 4 nitrogen and oxygen atoms in total. The molecule has 24 heavy (non-hydrogen) atoms. The summed E-state index contributed by atoms with van der Waals surface area (Å²) in [6, 6.07) is 2.22. The Balaban J connectivity index is 2.13. The van der Waals surface area contributed by atoms with Gasteiger partial charge in [-0.15, -0.1) is 0 Å². The fourth-order valence-electron chi connectivity index (χ4n) is 3.49. The van der Waals surface area contributed by atoms with E-state index in [-0.39, 0.29) is 11.6 Å². The molecule has 0 aliphatic carbocycles. The second-order valence-corrected chi connectivity index (χ2v) is 6.53. The van der Waals surface area contributed by atoms with Gasteiger partial charge in [-0.2, -0.15) is 0 Å². The zero-order valence-electron chi connectivity index (χ0n) is 14.9. The summed E-state index contributed by atoms with van der Waals surface area (Å²) in [6.45, 7) is 7.41. The number of pyridine rings is 1. The Morgan fingerprint density at radius 2 is 2.25 bits per heavy atom. The van der Waals surface area contributed by atoms with Crippen LogP contribution in [-0.2, 0) is 6.42 Å². The number of rotatable bonds is 5. The van der Waals surface area contributed by atoms with E-state index in [1.54, 1.807) is 0 Å². The molecule has 2 aliphatic rings. The summed E-state index contributed by atoms with van der Waals surface area (Å²) in [4.78, 5) is 12.9. The molecule has 1 atom stereocenters. The average Bonchev–Trinajstić information content (AvgIpc) is 3.06. The Labute approximate surface area is 144 Å². The van der Waals surface area contributed by atoms with E-state index in [0.717, 1.165) is 49.2 Å². The van der Waals surface area contributed by atoms with Crippen LogP contribution in [0.25, 0.3) is 5.70 Å². The van der Waals surface area contributed by atoms with Gasteiger partial charge in [-0.25, -0.2) is 0 Å². The molecular formula is C20H27N3O. The predicted octanol–water partition coefficient (Wildman–Crippen LogP) is 3.67. The number of fused-ring (bicyclic) bond motifs is 1. The third-order valence-corrected chi connectivity index (χ3v) is 4.88. The number of hydrogen-bond acceptors (Lipinski definition) is 3. The third-order valence-electron chi connectivity index (χ3n) is 4.88. The highest BCUT2D eigenvalue weighted by molar-refractivity contribution is 5.68. The Bertz CT molecular complexity index is 768. The number of nitrogens with one attached hydrogen (secondary N) is 2. The third kappa shape index (κ3) is 3.05. The van der Waals surface area contributed by atoms with E-state index >= 15 is 0 Å². The zero-order chi connectivity index (χ0) is 17.1. The van der Waals surface area contributed by atoms with Gasteiger partial charge >= 0.3 is 0 Å². The van der Waals surface area contributed by atoms with Crippen LogP contribution in [-0.4, -0.2) is 17.2 Å². The lowest BCUT2D eigenvalue weighted by Crippen LogP contribution is -2.30. The molecule has 2 N–H and O–H groups in total. The smallest absolute Gasteiger partial charge is 0.260 e. The highest BCUT2D eigenvalue weighted by Crippen LogP contribution is 2.25. The molecule has 1 aromatic heterocycles. The Hall–Kier alpha value is -2.23. The molecule has 0 bridgehead atoms. The summed E-state index contributed by atoms with van der Waals surface area (Å²) in [5.41, 5.74) is 5.60. The fraction of sp³-hybridized carbons (Fsp3) is 0.450. The molecule has 0 saturated heterocycles. The Morgan fingerprint density at radius 3 is 3.00 bits per heavy atom. The van der Waals surface area contributed by atoms with Crippen molar-refractivity contribution in [3.05, 3.63) is 57.7 Å². The molecule has 0 saturated carbocycles. The molecule has 0 aromatic carbocycles. The fourth-order valence-corrected chi connectivity index (χ4v) is 3.49. The van der Waals surface area contributed by atoms with E-state index in [1.807, 2.05) is 29.1 Å². The van der Waals surface area contributed by atoms with E-state index < -0.39 is 0 Å². The van der Waals surface area contributed by atoms with Crippen molar-refractivity contribution in [1.82, 2.24) is 9.88 Å². The lowest BCUT2D eigenvalue weighted by molar-refractivity contribution is 0.722. The largest absolute Gasteiger partial charge is 0.384 e. The maximum absolute atomic E-state index is 12.9. The maximum Gasteiger partial charge on any atom is 0.260 e. The van der Waals surface area contributed by atoms with Crippen LogP contribution in [0.1, 0.15) is 45.6 Å². The molecule has 0 fully saturated rings. The summed E-state index contributed by atoms with van der Waals surface area (Å²) >= 11 is 0. The van der Waals surface area contributed by atoms with Crippen molar-refractivity contribution < 1.29 is 0 Å². The number of allylic oxidation sites excluding steroid dienone is 3.